The van der Waals surface area contributed by atoms with Gasteiger partial charge in [-0.1, -0.05) is 24.3 Å². The lowest BCUT2D eigenvalue weighted by Gasteiger charge is -2.04. The number of carbonyl (C=O) groups excluding carboxylic acids is 2. The molecule has 0 saturated heterocycles. The smallest absolute Gasteiger partial charge is 0.232 e. The van der Waals surface area contributed by atoms with Gasteiger partial charge in [0.15, 0.2) is 5.13 Å². The largest absolute Gasteiger partial charge is 0.356 e. The van der Waals surface area contributed by atoms with E-state index in [9.17, 15) is 9.59 Å². The predicted molar refractivity (Wildman–Crippen MR) is 106 cm³/mol. The molecule has 0 spiro atoms. The van der Waals surface area contributed by atoms with Crippen LogP contribution in [0.1, 0.15) is 25.3 Å². The number of benzene rings is 1. The van der Waals surface area contributed by atoms with E-state index in [1.165, 1.54) is 23.8 Å². The monoisotopic (exact) mass is 411 g/mol. The van der Waals surface area contributed by atoms with Gasteiger partial charge >= 0.3 is 0 Å². The maximum absolute atomic E-state index is 12.0. The minimum absolute atomic E-state index is 0.00348. The van der Waals surface area contributed by atoms with Gasteiger partial charge in [0.25, 0.3) is 0 Å². The van der Waals surface area contributed by atoms with Gasteiger partial charge in [-0.05, 0) is 24.8 Å². The van der Waals surface area contributed by atoms with Crippen LogP contribution in [0.3, 0.4) is 0 Å². The topological polar surface area (TPSA) is 71.1 Å². The first kappa shape index (κ1) is 19.1. The van der Waals surface area contributed by atoms with Crippen molar-refractivity contribution in [3.8, 4) is 11.3 Å². The first-order valence-electron chi connectivity index (χ1n) is 8.33. The number of alkyl halides is 2. The average Bonchev–Trinajstić information content (AvgIpc) is 3.01. The molecule has 1 aliphatic rings. The summed E-state index contributed by atoms with van der Waals surface area (Å²) in [6.07, 6.45) is 2.28. The Kier molecular flexibility index (Phi) is 5.85. The molecule has 1 aromatic carbocycles. The maximum Gasteiger partial charge on any atom is 0.232 e. The summed E-state index contributed by atoms with van der Waals surface area (Å²) < 4.78 is -0.931. The minimum Gasteiger partial charge on any atom is -0.356 e. The van der Waals surface area contributed by atoms with Crippen molar-refractivity contribution >= 4 is 51.5 Å². The molecule has 3 rings (SSSR count). The highest BCUT2D eigenvalue weighted by molar-refractivity contribution is 7.14. The van der Waals surface area contributed by atoms with Crippen LogP contribution in [0, 0.1) is 5.92 Å². The number of nitrogens with zero attached hydrogens (tertiary/aromatic N) is 1. The SMILES string of the molecule is CC(=O)NCCCc1ccc(-c2csc(NC(=O)C3CC3(Cl)Cl)n2)cc1. The van der Waals surface area contributed by atoms with E-state index in [1.807, 2.05) is 17.5 Å². The molecule has 0 bridgehead atoms. The number of amides is 2. The Morgan fingerprint density at radius 3 is 2.62 bits per heavy atom. The van der Waals surface area contributed by atoms with Gasteiger partial charge in [0, 0.05) is 24.4 Å². The standard InChI is InChI=1S/C18H19Cl2N3O2S/c1-11(24)21-8-2-3-12-4-6-13(7-5-12)15-10-26-17(22-15)23-16(25)14-9-18(14,19)20/h4-7,10,14H,2-3,8-9H2,1H3,(H,21,24)(H,22,23,25). The van der Waals surface area contributed by atoms with E-state index >= 15 is 0 Å². The van der Waals surface area contributed by atoms with Gasteiger partial charge in [-0.2, -0.15) is 0 Å². The summed E-state index contributed by atoms with van der Waals surface area (Å²) in [6, 6.07) is 8.14. The lowest BCUT2D eigenvalue weighted by atomic mass is 10.1. The molecule has 1 fully saturated rings. The summed E-state index contributed by atoms with van der Waals surface area (Å²) in [5, 5.41) is 8.01. The van der Waals surface area contributed by atoms with E-state index in [1.54, 1.807) is 0 Å². The summed E-state index contributed by atoms with van der Waals surface area (Å²) in [7, 11) is 0. The normalized spacial score (nSPS) is 17.6. The Labute approximate surface area is 166 Å². The Bertz CT molecular complexity index is 805. The van der Waals surface area contributed by atoms with Crippen LogP contribution < -0.4 is 10.6 Å². The van der Waals surface area contributed by atoms with Crippen molar-refractivity contribution in [3.05, 3.63) is 35.2 Å². The molecule has 0 radical (unpaired) electrons. The van der Waals surface area contributed by atoms with E-state index < -0.39 is 4.33 Å². The number of nitrogens with one attached hydrogen (secondary N) is 2. The summed E-state index contributed by atoms with van der Waals surface area (Å²) in [5.41, 5.74) is 3.01. The lowest BCUT2D eigenvalue weighted by molar-refractivity contribution is -0.119. The number of aryl methyl sites for hydroxylation is 1. The molecular weight excluding hydrogens is 393 g/mol. The number of halogens is 2. The van der Waals surface area contributed by atoms with E-state index in [-0.39, 0.29) is 17.7 Å². The van der Waals surface area contributed by atoms with Crippen molar-refractivity contribution in [2.75, 3.05) is 11.9 Å². The van der Waals surface area contributed by atoms with Crippen molar-refractivity contribution in [1.82, 2.24) is 10.3 Å². The zero-order valence-corrected chi connectivity index (χ0v) is 16.5. The highest BCUT2D eigenvalue weighted by atomic mass is 35.5. The number of hydrogen-bond donors (Lipinski definition) is 2. The first-order valence-corrected chi connectivity index (χ1v) is 9.97. The highest BCUT2D eigenvalue weighted by Gasteiger charge is 2.56. The molecule has 1 aromatic heterocycles. The van der Waals surface area contributed by atoms with Crippen LogP contribution >= 0.6 is 34.5 Å². The van der Waals surface area contributed by atoms with Crippen molar-refractivity contribution in [2.45, 2.75) is 30.5 Å². The molecule has 0 aliphatic heterocycles. The van der Waals surface area contributed by atoms with Crippen molar-refractivity contribution in [1.29, 1.82) is 0 Å². The van der Waals surface area contributed by atoms with Crippen molar-refractivity contribution in [2.24, 2.45) is 5.92 Å². The van der Waals surface area contributed by atoms with Crippen LogP contribution in [0.25, 0.3) is 11.3 Å². The second-order valence-corrected chi connectivity index (χ2v) is 8.73. The number of aromatic nitrogens is 1. The molecule has 8 heteroatoms. The highest BCUT2D eigenvalue weighted by Crippen LogP contribution is 2.53. The number of rotatable bonds is 7. The number of thiazole rings is 1. The third-order valence-corrected chi connectivity index (χ3v) is 5.74. The molecule has 2 N–H and O–H groups in total. The van der Waals surface area contributed by atoms with Crippen molar-refractivity contribution < 1.29 is 9.59 Å². The van der Waals surface area contributed by atoms with Crippen LogP contribution in [0.4, 0.5) is 5.13 Å². The number of hydrogen-bond acceptors (Lipinski definition) is 4. The maximum atomic E-state index is 12.0. The zero-order valence-electron chi connectivity index (χ0n) is 14.2. The summed E-state index contributed by atoms with van der Waals surface area (Å²) in [5.74, 6) is -0.559. The molecule has 1 unspecified atom stereocenters. The molecular formula is C18H19Cl2N3O2S. The fourth-order valence-electron chi connectivity index (χ4n) is 2.55. The van der Waals surface area contributed by atoms with Gasteiger partial charge in [-0.25, -0.2) is 4.98 Å². The molecule has 26 heavy (non-hydrogen) atoms. The van der Waals surface area contributed by atoms with Gasteiger partial charge in [0.05, 0.1) is 11.6 Å². The molecule has 5 nitrogen and oxygen atoms in total. The third kappa shape index (κ3) is 4.96. The fourth-order valence-corrected chi connectivity index (χ4v) is 3.78. The Morgan fingerprint density at radius 1 is 1.31 bits per heavy atom. The third-order valence-electron chi connectivity index (χ3n) is 4.14. The second-order valence-electron chi connectivity index (χ2n) is 6.33. The van der Waals surface area contributed by atoms with Gasteiger partial charge in [-0.3, -0.25) is 9.59 Å². The average molecular weight is 412 g/mol. The molecule has 1 heterocycles. The van der Waals surface area contributed by atoms with Crippen LogP contribution in [0.5, 0.6) is 0 Å². The summed E-state index contributed by atoms with van der Waals surface area (Å²) in [4.78, 5) is 27.3. The molecule has 1 saturated carbocycles. The van der Waals surface area contributed by atoms with Crippen LogP contribution in [-0.4, -0.2) is 27.7 Å². The zero-order chi connectivity index (χ0) is 18.7. The predicted octanol–water partition coefficient (Wildman–Crippen LogP) is 4.01. The lowest BCUT2D eigenvalue weighted by Crippen LogP contribution is -2.21. The van der Waals surface area contributed by atoms with Gasteiger partial charge in [0.2, 0.25) is 11.8 Å². The molecule has 2 aromatic rings. The van der Waals surface area contributed by atoms with Crippen LogP contribution in [0.2, 0.25) is 0 Å². The molecule has 1 atom stereocenters. The Morgan fingerprint density at radius 2 is 2.00 bits per heavy atom. The van der Waals surface area contributed by atoms with Crippen LogP contribution in [-0.2, 0) is 16.0 Å². The Balaban J connectivity index is 1.54. The van der Waals surface area contributed by atoms with E-state index in [0.717, 1.165) is 24.1 Å². The molecule has 138 valence electrons. The number of carbonyl (C=O) groups is 2. The van der Waals surface area contributed by atoms with Crippen LogP contribution in [0.15, 0.2) is 29.6 Å². The van der Waals surface area contributed by atoms with Gasteiger partial charge in [0.1, 0.15) is 4.33 Å². The van der Waals surface area contributed by atoms with Crippen molar-refractivity contribution in [3.63, 3.8) is 0 Å². The quantitative estimate of drug-likeness (QED) is 0.533. The number of anilines is 1. The summed E-state index contributed by atoms with van der Waals surface area (Å²) in [6.45, 7) is 2.20. The fraction of sp³-hybridized carbons (Fsp3) is 0.389. The second kappa shape index (κ2) is 7.94. The van der Waals surface area contributed by atoms with E-state index in [2.05, 4.69) is 27.8 Å². The van der Waals surface area contributed by atoms with Gasteiger partial charge < -0.3 is 10.6 Å². The first-order chi connectivity index (χ1) is 12.3. The molecule has 2 amide bonds. The minimum atomic E-state index is -0.931. The van der Waals surface area contributed by atoms with E-state index in [0.29, 0.717) is 18.1 Å². The molecule has 1 aliphatic carbocycles. The van der Waals surface area contributed by atoms with Gasteiger partial charge in [-0.15, -0.1) is 34.5 Å². The Hall–Kier alpha value is -1.63. The van der Waals surface area contributed by atoms with E-state index in [4.69, 9.17) is 23.2 Å². The summed E-state index contributed by atoms with van der Waals surface area (Å²) >= 11 is 13.2.